The van der Waals surface area contributed by atoms with Gasteiger partial charge in [0.2, 0.25) is 0 Å². The first-order valence-corrected chi connectivity index (χ1v) is 9.00. The van der Waals surface area contributed by atoms with Gasteiger partial charge in [0, 0.05) is 3.57 Å². The van der Waals surface area contributed by atoms with E-state index >= 15 is 0 Å². The topological polar surface area (TPSA) is 50.4 Å². The van der Waals surface area contributed by atoms with Crippen molar-refractivity contribution in [3.05, 3.63) is 40.7 Å². The maximum atomic E-state index is 13.0. The number of hydrogen-bond donors (Lipinski definition) is 1. The van der Waals surface area contributed by atoms with Crippen LogP contribution in [0.1, 0.15) is 11.1 Å². The van der Waals surface area contributed by atoms with Gasteiger partial charge in [-0.1, -0.05) is 28.4 Å². The molecule has 0 aliphatic heterocycles. The molecule has 0 unspecified atom stereocenters. The van der Waals surface area contributed by atoms with Gasteiger partial charge in [-0.15, -0.1) is 0 Å². The molecule has 0 bridgehead atoms. The number of hydrogen-bond acceptors (Lipinski definition) is 3. The standard InChI is InChI=1S/C12H3Cl2F6I2N3O/c13-5-1-4(11(15,16)17)7(21)6(14)8(5)25-10(22)3(2-23-25)9(24-26)12(18,19)20/h1-2,26H/b24-9-. The minimum absolute atomic E-state index is 0.216. The summed E-state index contributed by atoms with van der Waals surface area (Å²) < 4.78 is 77.9. The number of halogens is 10. The highest BCUT2D eigenvalue weighted by atomic mass is 127. The Morgan fingerprint density at radius 2 is 1.73 bits per heavy atom. The van der Waals surface area contributed by atoms with E-state index in [1.165, 1.54) is 45.2 Å². The maximum absolute atomic E-state index is 13.0. The molecule has 0 radical (unpaired) electrons. The predicted molar refractivity (Wildman–Crippen MR) is 98.4 cm³/mol. The number of rotatable bonds is 2. The zero-order valence-electron chi connectivity index (χ0n) is 11.7. The first-order valence-electron chi connectivity index (χ1n) is 6.08. The van der Waals surface area contributed by atoms with E-state index in [1.54, 1.807) is 0 Å². The zero-order chi connectivity index (χ0) is 20.0. The lowest BCUT2D eigenvalue weighted by atomic mass is 10.2. The second kappa shape index (κ2) is 7.50. The van der Waals surface area contributed by atoms with Crippen LogP contribution in [0.2, 0.25) is 10.0 Å². The molecule has 0 atom stereocenters. The van der Waals surface area contributed by atoms with Crippen molar-refractivity contribution in [1.29, 1.82) is 0 Å². The molecule has 26 heavy (non-hydrogen) atoms. The Labute approximate surface area is 178 Å². The van der Waals surface area contributed by atoms with Crippen LogP contribution >= 0.6 is 68.4 Å². The van der Waals surface area contributed by atoms with Crippen LogP contribution in [0, 0.1) is 7.27 Å². The molecular formula is C12H3Cl2F6I2N3O. The molecule has 0 spiro atoms. The van der Waals surface area contributed by atoms with E-state index in [2.05, 4.69) is 10.3 Å². The van der Waals surface area contributed by atoms with Crippen molar-refractivity contribution in [3.8, 4) is 5.69 Å². The van der Waals surface area contributed by atoms with Crippen molar-refractivity contribution in [1.82, 2.24) is 9.78 Å². The van der Waals surface area contributed by atoms with Crippen LogP contribution in [0.3, 0.4) is 0 Å². The van der Waals surface area contributed by atoms with Gasteiger partial charge >= 0.3 is 12.4 Å². The highest BCUT2D eigenvalue weighted by Gasteiger charge is 2.41. The lowest BCUT2D eigenvalue weighted by molar-refractivity contribution is -0.138. The third-order valence-electron chi connectivity index (χ3n) is 2.99. The summed E-state index contributed by atoms with van der Waals surface area (Å²) in [6, 6.07) is 0.604. The summed E-state index contributed by atoms with van der Waals surface area (Å²) in [4.78, 5) is 0. The predicted octanol–water partition coefficient (Wildman–Crippen LogP) is 6.15. The highest BCUT2D eigenvalue weighted by Crippen LogP contribution is 2.42. The van der Waals surface area contributed by atoms with Crippen LogP contribution in [-0.2, 0) is 6.18 Å². The second-order valence-electron chi connectivity index (χ2n) is 4.59. The van der Waals surface area contributed by atoms with Crippen molar-refractivity contribution >= 4 is 74.1 Å². The molecule has 1 aromatic heterocycles. The maximum Gasteiger partial charge on any atom is 0.437 e. The largest absolute Gasteiger partial charge is 0.437 e. The van der Waals surface area contributed by atoms with E-state index in [0.717, 1.165) is 10.9 Å². The summed E-state index contributed by atoms with van der Waals surface area (Å²) in [6.07, 6.45) is -8.97. The molecule has 1 aromatic carbocycles. The summed E-state index contributed by atoms with van der Waals surface area (Å²) >= 11 is 14.7. The Hall–Kier alpha value is -0.480. The average molecular weight is 644 g/mol. The summed E-state index contributed by atoms with van der Waals surface area (Å²) in [5.41, 5.74) is -3.54. The third kappa shape index (κ3) is 4.01. The van der Waals surface area contributed by atoms with Crippen molar-refractivity contribution in [2.75, 3.05) is 0 Å². The fourth-order valence-electron chi connectivity index (χ4n) is 1.90. The molecule has 0 saturated heterocycles. The number of aromatic nitrogens is 2. The summed E-state index contributed by atoms with van der Waals surface area (Å²) in [6.45, 7) is 0. The van der Waals surface area contributed by atoms with Crippen LogP contribution in [0.25, 0.3) is 5.69 Å². The Balaban J connectivity index is 2.71. The molecule has 0 aliphatic carbocycles. The molecular weight excluding hydrogens is 641 g/mol. The molecule has 1 N–H and O–H groups in total. The van der Waals surface area contributed by atoms with Gasteiger partial charge in [0.25, 0.3) is 0 Å². The Kier molecular flexibility index (Phi) is 6.30. The van der Waals surface area contributed by atoms with Crippen LogP contribution in [0.5, 0.6) is 0 Å². The van der Waals surface area contributed by atoms with Gasteiger partial charge in [-0.05, 0) is 51.2 Å². The molecule has 0 saturated carbocycles. The van der Waals surface area contributed by atoms with Gasteiger partial charge in [0.1, 0.15) is 9.39 Å². The highest BCUT2D eigenvalue weighted by molar-refractivity contribution is 14.1. The van der Waals surface area contributed by atoms with Gasteiger partial charge in [-0.2, -0.15) is 31.4 Å². The molecule has 142 valence electrons. The number of benzene rings is 1. The van der Waals surface area contributed by atoms with Gasteiger partial charge in [-0.25, -0.2) is 4.68 Å². The molecule has 0 aliphatic rings. The second-order valence-corrected chi connectivity index (χ2v) is 7.47. The SMILES string of the molecule is O/N=C(/c1cnn(-c2c(Cl)cc(C(F)(F)F)c(I)c2Cl)c1I)C(F)(F)F. The Morgan fingerprint density at radius 1 is 1.15 bits per heavy atom. The minimum atomic E-state index is -4.98. The first-order chi connectivity index (χ1) is 11.8. The minimum Gasteiger partial charge on any atom is -0.410 e. The number of alkyl halides is 6. The van der Waals surface area contributed by atoms with Gasteiger partial charge < -0.3 is 5.21 Å². The van der Waals surface area contributed by atoms with Crippen molar-refractivity contribution in [2.45, 2.75) is 12.4 Å². The molecule has 0 amide bonds. The van der Waals surface area contributed by atoms with Crippen molar-refractivity contribution in [3.63, 3.8) is 0 Å². The van der Waals surface area contributed by atoms with Crippen LogP contribution in [-0.4, -0.2) is 26.9 Å². The molecule has 2 rings (SSSR count). The van der Waals surface area contributed by atoms with E-state index < -0.39 is 42.8 Å². The van der Waals surface area contributed by atoms with Crippen molar-refractivity contribution in [2.24, 2.45) is 5.16 Å². The van der Waals surface area contributed by atoms with Crippen LogP contribution in [0.15, 0.2) is 17.4 Å². The Morgan fingerprint density at radius 3 is 2.19 bits per heavy atom. The van der Waals surface area contributed by atoms with E-state index in [0.29, 0.717) is 6.07 Å². The van der Waals surface area contributed by atoms with Gasteiger partial charge in [0.05, 0.1) is 27.4 Å². The van der Waals surface area contributed by atoms with Crippen molar-refractivity contribution < 1.29 is 31.5 Å². The third-order valence-corrected chi connectivity index (χ3v) is 6.12. The zero-order valence-corrected chi connectivity index (χ0v) is 17.6. The lowest BCUT2D eigenvalue weighted by Crippen LogP contribution is -2.24. The normalized spacial score (nSPS) is 13.4. The fraction of sp³-hybridized carbons (Fsp3) is 0.167. The average Bonchev–Trinajstić information content (AvgIpc) is 2.83. The first kappa shape index (κ1) is 21.8. The quantitative estimate of drug-likeness (QED) is 0.107. The van der Waals surface area contributed by atoms with Gasteiger partial charge in [-0.3, -0.25) is 0 Å². The molecule has 0 fully saturated rings. The van der Waals surface area contributed by atoms with E-state index in [-0.39, 0.29) is 9.39 Å². The molecule has 4 nitrogen and oxygen atoms in total. The summed E-state index contributed by atoms with van der Waals surface area (Å²) in [5.74, 6) is 0. The molecule has 14 heteroatoms. The monoisotopic (exact) mass is 643 g/mol. The summed E-state index contributed by atoms with van der Waals surface area (Å²) in [5, 5.41) is 13.7. The van der Waals surface area contributed by atoms with E-state index in [9.17, 15) is 26.3 Å². The van der Waals surface area contributed by atoms with Gasteiger partial charge in [0.15, 0.2) is 5.71 Å². The smallest absolute Gasteiger partial charge is 0.410 e. The summed E-state index contributed by atoms with van der Waals surface area (Å²) in [7, 11) is 0. The molecule has 1 heterocycles. The Bertz CT molecular complexity index is 895. The van der Waals surface area contributed by atoms with Crippen LogP contribution < -0.4 is 0 Å². The lowest BCUT2D eigenvalue weighted by Gasteiger charge is -2.16. The fourth-order valence-corrected chi connectivity index (χ4v) is 3.99. The van der Waals surface area contributed by atoms with E-state index in [4.69, 9.17) is 28.4 Å². The van der Waals surface area contributed by atoms with Crippen LogP contribution in [0.4, 0.5) is 26.3 Å². The number of oxime groups is 1. The van der Waals surface area contributed by atoms with E-state index in [1.807, 2.05) is 0 Å². The molecule has 2 aromatic rings. The number of nitrogens with zero attached hydrogens (tertiary/aromatic N) is 3.